The molecular weight excluding hydrogens is 1030 g/mol. The van der Waals surface area contributed by atoms with Gasteiger partial charge in [0.1, 0.15) is 53.8 Å². The van der Waals surface area contributed by atoms with Crippen LogP contribution in [0.2, 0.25) is 5.02 Å². The molecule has 9 amide bonds. The summed E-state index contributed by atoms with van der Waals surface area (Å²) < 4.78 is 0. The lowest BCUT2D eigenvalue weighted by atomic mass is 10.00. The number of nitrogens with two attached hydrogens (primary N) is 3. The van der Waals surface area contributed by atoms with Gasteiger partial charge in [-0.3, -0.25) is 43.2 Å². The van der Waals surface area contributed by atoms with Crippen molar-refractivity contribution in [2.75, 3.05) is 6.54 Å². The van der Waals surface area contributed by atoms with Crippen molar-refractivity contribution < 1.29 is 58.5 Å². The van der Waals surface area contributed by atoms with E-state index in [4.69, 9.17) is 28.8 Å². The van der Waals surface area contributed by atoms with E-state index in [2.05, 4.69) is 43.8 Å². The number of nitrogens with one attached hydrogen (secondary N) is 7. The number of aliphatic hydroxyl groups excluding tert-OH is 1. The Morgan fingerprint density at radius 2 is 0.987 bits per heavy atom. The standard InChI is InChI=1S/C55H69ClN10O12/c1-4-7-41(51(74)63-43(49(59)72)28-35-13-22-39(68)23-14-35)62-55(78)47(32(3)67)66-52(75)42(8-5-6-27-57)61-53(76)45(29-34-9-18-37(19-10-34)48(58)71)65-54(77)44(30-36-15-24-40(69)25-16-36)64-50(73)31(2)60-46(70)26-17-33-11-20-38(56)21-12-33/h4,9-16,18-25,31-32,41-45,47,67-69H,1,5-8,17,26-30,57H2,2-3H3,(H2,58,71)(H2,59,72)(H,60,70)(H,61,76)(H,62,78)(H,63,74)(H,64,73)(H,65,77)(H,66,75)/t31-,32?,41+,42+,43-,44+,45-,47?/m1/s1. The van der Waals surface area contributed by atoms with Gasteiger partial charge in [0.2, 0.25) is 53.2 Å². The highest BCUT2D eigenvalue weighted by atomic mass is 35.5. The Labute approximate surface area is 456 Å². The van der Waals surface area contributed by atoms with E-state index in [1.165, 1.54) is 92.7 Å². The Morgan fingerprint density at radius 1 is 0.551 bits per heavy atom. The van der Waals surface area contributed by atoms with E-state index in [9.17, 15) is 58.5 Å². The number of unbranched alkanes of at least 4 members (excludes halogenated alkanes) is 1. The van der Waals surface area contributed by atoms with Crippen molar-refractivity contribution >= 4 is 64.8 Å². The fourth-order valence-corrected chi connectivity index (χ4v) is 8.03. The number of carbonyl (C=O) groups excluding carboxylic acids is 9. The van der Waals surface area contributed by atoms with Gasteiger partial charge in [-0.2, -0.15) is 0 Å². The maximum atomic E-state index is 14.6. The van der Waals surface area contributed by atoms with E-state index in [0.717, 1.165) is 5.56 Å². The van der Waals surface area contributed by atoms with Crippen molar-refractivity contribution in [3.05, 3.63) is 143 Å². The van der Waals surface area contributed by atoms with Gasteiger partial charge in [-0.05, 0) is 123 Å². The molecule has 23 heteroatoms. The van der Waals surface area contributed by atoms with Crippen LogP contribution in [0.4, 0.5) is 0 Å². The van der Waals surface area contributed by atoms with E-state index >= 15 is 0 Å². The highest BCUT2D eigenvalue weighted by molar-refractivity contribution is 6.30. The first-order valence-electron chi connectivity index (χ1n) is 25.2. The Kier molecular flexibility index (Phi) is 24.7. The molecule has 0 heterocycles. The van der Waals surface area contributed by atoms with Crippen LogP contribution in [0.25, 0.3) is 0 Å². The van der Waals surface area contributed by atoms with Gasteiger partial charge in [0, 0.05) is 36.3 Å². The zero-order valence-electron chi connectivity index (χ0n) is 43.3. The maximum Gasteiger partial charge on any atom is 0.248 e. The summed E-state index contributed by atoms with van der Waals surface area (Å²) in [6.07, 6.45) is 0.0936. The second-order valence-electron chi connectivity index (χ2n) is 18.7. The number of rotatable bonds is 31. The van der Waals surface area contributed by atoms with E-state index in [1.807, 2.05) is 0 Å². The Morgan fingerprint density at radius 3 is 1.47 bits per heavy atom. The zero-order valence-corrected chi connectivity index (χ0v) is 44.1. The van der Waals surface area contributed by atoms with E-state index in [1.54, 1.807) is 24.3 Å². The number of hydrogen-bond acceptors (Lipinski definition) is 13. The first-order chi connectivity index (χ1) is 37.1. The minimum atomic E-state index is -1.73. The second-order valence-corrected chi connectivity index (χ2v) is 19.1. The van der Waals surface area contributed by atoms with Gasteiger partial charge in [0.05, 0.1) is 6.10 Å². The number of aliphatic hydroxyl groups is 1. The molecule has 418 valence electrons. The van der Waals surface area contributed by atoms with Crippen molar-refractivity contribution in [1.82, 2.24) is 37.2 Å². The van der Waals surface area contributed by atoms with E-state index < -0.39 is 102 Å². The smallest absolute Gasteiger partial charge is 0.248 e. The number of hydrogen-bond donors (Lipinski definition) is 13. The summed E-state index contributed by atoms with van der Waals surface area (Å²) in [6.45, 7) is 6.48. The summed E-state index contributed by atoms with van der Waals surface area (Å²) in [5.74, 6) is -7.52. The lowest BCUT2D eigenvalue weighted by Crippen LogP contribution is -2.62. The molecule has 4 aromatic carbocycles. The summed E-state index contributed by atoms with van der Waals surface area (Å²) in [5.41, 5.74) is 19.3. The van der Waals surface area contributed by atoms with Crippen LogP contribution in [0.1, 0.15) is 78.6 Å². The largest absolute Gasteiger partial charge is 0.508 e. The minimum absolute atomic E-state index is 0.0237. The lowest BCUT2D eigenvalue weighted by molar-refractivity contribution is -0.137. The molecule has 0 spiro atoms. The molecule has 0 fully saturated rings. The van der Waals surface area contributed by atoms with Crippen LogP contribution in [-0.4, -0.2) is 123 Å². The van der Waals surface area contributed by atoms with Crippen LogP contribution in [0.5, 0.6) is 11.5 Å². The highest BCUT2D eigenvalue weighted by Gasteiger charge is 2.35. The van der Waals surface area contributed by atoms with Gasteiger partial charge in [-0.25, -0.2) is 0 Å². The van der Waals surface area contributed by atoms with E-state index in [-0.39, 0.29) is 68.6 Å². The third-order valence-corrected chi connectivity index (χ3v) is 12.6. The molecule has 0 aromatic heterocycles. The molecule has 0 aliphatic heterocycles. The molecule has 4 rings (SSSR count). The number of phenols is 2. The van der Waals surface area contributed by atoms with Crippen molar-refractivity contribution in [1.29, 1.82) is 0 Å². The predicted octanol–water partition coefficient (Wildman–Crippen LogP) is 0.496. The maximum absolute atomic E-state index is 14.6. The molecule has 2 unspecified atom stereocenters. The van der Waals surface area contributed by atoms with Gasteiger partial charge in [-0.15, -0.1) is 6.58 Å². The van der Waals surface area contributed by atoms with Crippen molar-refractivity contribution in [2.24, 2.45) is 17.2 Å². The van der Waals surface area contributed by atoms with Gasteiger partial charge < -0.3 is 69.7 Å². The van der Waals surface area contributed by atoms with Crippen LogP contribution >= 0.6 is 11.6 Å². The van der Waals surface area contributed by atoms with Crippen LogP contribution in [0, 0.1) is 0 Å². The summed E-state index contributed by atoms with van der Waals surface area (Å²) in [5, 5.41) is 49.1. The fraction of sp³-hybridized carbons (Fsp3) is 0.364. The monoisotopic (exact) mass is 1100 g/mol. The van der Waals surface area contributed by atoms with Crippen LogP contribution in [0.15, 0.2) is 110 Å². The molecule has 0 aliphatic rings. The fourth-order valence-electron chi connectivity index (χ4n) is 7.90. The van der Waals surface area contributed by atoms with E-state index in [0.29, 0.717) is 34.6 Å². The molecule has 0 saturated heterocycles. The van der Waals surface area contributed by atoms with Gasteiger partial charge in [0.25, 0.3) is 0 Å². The van der Waals surface area contributed by atoms with Crippen molar-refractivity contribution in [3.63, 3.8) is 0 Å². The molecule has 0 bridgehead atoms. The third kappa shape index (κ3) is 20.7. The molecule has 0 saturated carbocycles. The normalized spacial score (nSPS) is 14.0. The number of phenolic OH excluding ortho intramolecular Hbond substituents is 2. The van der Waals surface area contributed by atoms with Gasteiger partial charge in [-0.1, -0.05) is 66.2 Å². The molecule has 0 radical (unpaired) electrons. The van der Waals surface area contributed by atoms with Crippen LogP contribution in [-0.2, 0) is 64.0 Å². The SMILES string of the molecule is C=CC[C@H](NC(=O)C(NC(=O)[C@H](CCCCN)NC(=O)[C@@H](Cc1ccc(C(N)=O)cc1)NC(=O)[C@H](Cc1ccc(O)cc1)NC(=O)[C@@H](C)NC(=O)CCc1ccc(Cl)cc1)C(C)O)C(=O)N[C@H](Cc1ccc(O)cc1)C(N)=O. The summed E-state index contributed by atoms with van der Waals surface area (Å²) in [7, 11) is 0. The molecular formula is C55H69ClN10O12. The molecule has 4 aromatic rings. The number of aromatic hydroxyl groups is 2. The predicted molar refractivity (Wildman–Crippen MR) is 290 cm³/mol. The highest BCUT2D eigenvalue weighted by Crippen LogP contribution is 2.16. The Bertz CT molecular complexity index is 2710. The summed E-state index contributed by atoms with van der Waals surface area (Å²) in [6, 6.07) is 14.6. The molecule has 16 N–H and O–H groups in total. The van der Waals surface area contributed by atoms with Crippen molar-refractivity contribution in [3.8, 4) is 11.5 Å². The Balaban J connectivity index is 1.58. The first kappa shape index (κ1) is 62.2. The number of carbonyl (C=O) groups is 9. The number of primary amides is 2. The number of aryl methyl sites for hydroxylation is 1. The zero-order chi connectivity index (χ0) is 57.5. The molecule has 8 atom stereocenters. The summed E-state index contributed by atoms with van der Waals surface area (Å²) in [4.78, 5) is 122. The average molecular weight is 1100 g/mol. The average Bonchev–Trinajstić information content (AvgIpc) is 3.40. The quantitative estimate of drug-likeness (QED) is 0.0242. The van der Waals surface area contributed by atoms with Gasteiger partial charge in [0.15, 0.2) is 0 Å². The Hall–Kier alpha value is -8.34. The van der Waals surface area contributed by atoms with Crippen LogP contribution in [0.3, 0.4) is 0 Å². The number of amides is 9. The molecule has 78 heavy (non-hydrogen) atoms. The lowest BCUT2D eigenvalue weighted by Gasteiger charge is -2.28. The molecule has 0 aliphatic carbocycles. The third-order valence-electron chi connectivity index (χ3n) is 12.4. The van der Waals surface area contributed by atoms with Crippen LogP contribution < -0.4 is 54.4 Å². The summed E-state index contributed by atoms with van der Waals surface area (Å²) >= 11 is 5.98. The number of benzene rings is 4. The molecule has 22 nitrogen and oxygen atoms in total. The second kappa shape index (κ2) is 31.0. The number of halogens is 1. The topological polar surface area (TPSA) is 377 Å². The first-order valence-corrected chi connectivity index (χ1v) is 25.5. The van der Waals surface area contributed by atoms with Gasteiger partial charge >= 0.3 is 0 Å². The minimum Gasteiger partial charge on any atom is -0.508 e. The van der Waals surface area contributed by atoms with Crippen molar-refractivity contribution in [2.45, 2.75) is 120 Å².